The van der Waals surface area contributed by atoms with Crippen LogP contribution in [0.15, 0.2) is 12.4 Å². The lowest BCUT2D eigenvalue weighted by Crippen LogP contribution is -2.43. The zero-order valence-corrected chi connectivity index (χ0v) is 16.9. The van der Waals surface area contributed by atoms with Gasteiger partial charge in [-0.05, 0) is 32.3 Å². The van der Waals surface area contributed by atoms with Gasteiger partial charge in [0.05, 0.1) is 16.3 Å². The first-order valence-electron chi connectivity index (χ1n) is 8.98. The van der Waals surface area contributed by atoms with E-state index in [9.17, 15) is 5.26 Å². The number of pyridine rings is 1. The number of piperidine rings is 1. The molecular weight excluding hydrogens is 362 g/mol. The van der Waals surface area contributed by atoms with E-state index in [4.69, 9.17) is 11.6 Å². The zero-order valence-electron chi connectivity index (χ0n) is 16.1. The lowest BCUT2D eigenvalue weighted by Gasteiger charge is -2.35. The fraction of sp³-hybridized carbons (Fsp3) is 0.474. The summed E-state index contributed by atoms with van der Waals surface area (Å²) < 4.78 is 0. The molecule has 27 heavy (non-hydrogen) atoms. The van der Waals surface area contributed by atoms with Gasteiger partial charge in [-0.15, -0.1) is 0 Å². The van der Waals surface area contributed by atoms with E-state index < -0.39 is 0 Å². The molecule has 1 atom stereocenters. The monoisotopic (exact) mass is 385 g/mol. The van der Waals surface area contributed by atoms with Crippen molar-refractivity contribution in [2.45, 2.75) is 32.7 Å². The third-order valence-corrected chi connectivity index (χ3v) is 5.37. The third-order valence-electron chi connectivity index (χ3n) is 4.81. The summed E-state index contributed by atoms with van der Waals surface area (Å²) in [5, 5.41) is 13.7. The summed E-state index contributed by atoms with van der Waals surface area (Å²) in [6.45, 7) is 5.38. The Balaban J connectivity index is 1.81. The number of hydrogen-bond donors (Lipinski definition) is 1. The van der Waals surface area contributed by atoms with Gasteiger partial charge in [0.1, 0.15) is 29.9 Å². The van der Waals surface area contributed by atoms with Gasteiger partial charge in [-0.3, -0.25) is 0 Å². The average molecular weight is 386 g/mol. The molecule has 1 N–H and O–H groups in total. The summed E-state index contributed by atoms with van der Waals surface area (Å²) in [6, 6.07) is 4.43. The highest BCUT2D eigenvalue weighted by Gasteiger charge is 2.25. The molecule has 0 bridgehead atoms. The number of hydrogen-bond acceptors (Lipinski definition) is 7. The van der Waals surface area contributed by atoms with Crippen LogP contribution in [0.5, 0.6) is 0 Å². The van der Waals surface area contributed by atoms with Gasteiger partial charge < -0.3 is 15.1 Å². The standard InChI is InChI=1S/C19H24ClN7/c1-12-15(9-21)19(24-13(2)18(12)20)27-7-5-6-14(10-27)25-16-8-17(26(3)4)23-11-22-16/h8,11,14H,5-7,10H2,1-4H3,(H,22,23,25). The van der Waals surface area contributed by atoms with Crippen LogP contribution in [0, 0.1) is 25.2 Å². The molecule has 0 radical (unpaired) electrons. The quantitative estimate of drug-likeness (QED) is 0.865. The molecule has 1 fully saturated rings. The Kier molecular flexibility index (Phi) is 5.66. The van der Waals surface area contributed by atoms with E-state index >= 15 is 0 Å². The molecule has 1 unspecified atom stereocenters. The average Bonchev–Trinajstić information content (AvgIpc) is 2.66. The molecule has 0 spiro atoms. The van der Waals surface area contributed by atoms with Gasteiger partial charge in [0.15, 0.2) is 0 Å². The predicted molar refractivity (Wildman–Crippen MR) is 109 cm³/mol. The highest BCUT2D eigenvalue weighted by molar-refractivity contribution is 6.32. The van der Waals surface area contributed by atoms with E-state index in [2.05, 4.69) is 31.2 Å². The van der Waals surface area contributed by atoms with Crippen LogP contribution >= 0.6 is 11.6 Å². The maximum atomic E-state index is 9.62. The molecule has 0 aromatic carbocycles. The predicted octanol–water partition coefficient (Wildman–Crippen LogP) is 3.16. The van der Waals surface area contributed by atoms with Crippen LogP contribution in [0.3, 0.4) is 0 Å². The molecule has 3 rings (SSSR count). The van der Waals surface area contributed by atoms with Crippen molar-refractivity contribution >= 4 is 29.1 Å². The maximum absolute atomic E-state index is 9.62. The molecule has 1 saturated heterocycles. The van der Waals surface area contributed by atoms with E-state index in [1.165, 1.54) is 0 Å². The second-order valence-electron chi connectivity index (χ2n) is 7.03. The van der Waals surface area contributed by atoms with Gasteiger partial charge in [-0.25, -0.2) is 15.0 Å². The fourth-order valence-electron chi connectivity index (χ4n) is 3.34. The Morgan fingerprint density at radius 2 is 2.11 bits per heavy atom. The number of nitrogens with one attached hydrogen (secondary N) is 1. The number of nitriles is 1. The Morgan fingerprint density at radius 1 is 1.33 bits per heavy atom. The van der Waals surface area contributed by atoms with Crippen LogP contribution in [0.1, 0.15) is 29.7 Å². The number of halogens is 1. The molecule has 2 aromatic heterocycles. The molecule has 7 nitrogen and oxygen atoms in total. The number of aryl methyl sites for hydroxylation is 1. The summed E-state index contributed by atoms with van der Waals surface area (Å²) in [6.07, 6.45) is 3.61. The van der Waals surface area contributed by atoms with E-state index in [0.717, 1.165) is 54.6 Å². The zero-order chi connectivity index (χ0) is 19.6. The minimum absolute atomic E-state index is 0.216. The Hall–Kier alpha value is -2.59. The summed E-state index contributed by atoms with van der Waals surface area (Å²) in [5.74, 6) is 2.38. The van der Waals surface area contributed by atoms with Crippen molar-refractivity contribution in [1.82, 2.24) is 15.0 Å². The maximum Gasteiger partial charge on any atom is 0.147 e. The summed E-state index contributed by atoms with van der Waals surface area (Å²) in [5.41, 5.74) is 2.11. The first kappa shape index (κ1) is 19.2. The number of nitrogens with zero attached hydrogens (tertiary/aromatic N) is 6. The van der Waals surface area contributed by atoms with Crippen LogP contribution in [-0.2, 0) is 0 Å². The normalized spacial score (nSPS) is 16.7. The summed E-state index contributed by atoms with van der Waals surface area (Å²) in [7, 11) is 3.91. The largest absolute Gasteiger partial charge is 0.365 e. The van der Waals surface area contributed by atoms with Crippen molar-refractivity contribution in [3.8, 4) is 6.07 Å². The van der Waals surface area contributed by atoms with Crippen LogP contribution in [0.2, 0.25) is 5.02 Å². The highest BCUT2D eigenvalue weighted by atomic mass is 35.5. The van der Waals surface area contributed by atoms with Gasteiger partial charge in [-0.2, -0.15) is 5.26 Å². The van der Waals surface area contributed by atoms with Crippen molar-refractivity contribution < 1.29 is 0 Å². The van der Waals surface area contributed by atoms with Crippen LogP contribution < -0.4 is 15.1 Å². The Morgan fingerprint density at radius 3 is 2.81 bits per heavy atom. The molecule has 142 valence electrons. The first-order chi connectivity index (χ1) is 12.9. The minimum Gasteiger partial charge on any atom is -0.365 e. The lowest BCUT2D eigenvalue weighted by molar-refractivity contribution is 0.525. The third kappa shape index (κ3) is 4.06. The SMILES string of the molecule is Cc1nc(N2CCCC(Nc3cc(N(C)C)ncn3)C2)c(C#N)c(C)c1Cl. The summed E-state index contributed by atoms with van der Waals surface area (Å²) in [4.78, 5) is 17.3. The van der Waals surface area contributed by atoms with E-state index in [-0.39, 0.29) is 6.04 Å². The number of aromatic nitrogens is 3. The fourth-order valence-corrected chi connectivity index (χ4v) is 3.48. The Labute approximate surface area is 165 Å². The molecule has 2 aromatic rings. The van der Waals surface area contributed by atoms with Crippen molar-refractivity contribution in [2.75, 3.05) is 42.3 Å². The number of anilines is 3. The summed E-state index contributed by atoms with van der Waals surface area (Å²) >= 11 is 6.29. The molecule has 8 heteroatoms. The van der Waals surface area contributed by atoms with Crippen molar-refractivity contribution in [2.24, 2.45) is 0 Å². The molecule has 0 saturated carbocycles. The van der Waals surface area contributed by atoms with Gasteiger partial charge in [-0.1, -0.05) is 11.6 Å². The molecule has 1 aliphatic heterocycles. The van der Waals surface area contributed by atoms with Gasteiger partial charge in [0, 0.05) is 39.3 Å². The van der Waals surface area contributed by atoms with Crippen LogP contribution in [-0.4, -0.2) is 48.2 Å². The molecule has 0 amide bonds. The van der Waals surface area contributed by atoms with Crippen molar-refractivity contribution in [3.63, 3.8) is 0 Å². The molecule has 0 aliphatic carbocycles. The van der Waals surface area contributed by atoms with Gasteiger partial charge >= 0.3 is 0 Å². The van der Waals surface area contributed by atoms with Gasteiger partial charge in [0.2, 0.25) is 0 Å². The smallest absolute Gasteiger partial charge is 0.147 e. The molecule has 1 aliphatic rings. The lowest BCUT2D eigenvalue weighted by atomic mass is 10.0. The first-order valence-corrected chi connectivity index (χ1v) is 9.36. The number of rotatable bonds is 4. The van der Waals surface area contributed by atoms with E-state index in [0.29, 0.717) is 10.6 Å². The van der Waals surface area contributed by atoms with Gasteiger partial charge in [0.25, 0.3) is 0 Å². The van der Waals surface area contributed by atoms with Crippen LogP contribution in [0.25, 0.3) is 0 Å². The van der Waals surface area contributed by atoms with Crippen molar-refractivity contribution in [1.29, 1.82) is 5.26 Å². The topological polar surface area (TPSA) is 81.0 Å². The van der Waals surface area contributed by atoms with Crippen LogP contribution in [0.4, 0.5) is 17.5 Å². The molecule has 3 heterocycles. The second kappa shape index (κ2) is 7.97. The Bertz CT molecular complexity index is 875. The molecular formula is C19H24ClN7. The van der Waals surface area contributed by atoms with E-state index in [1.54, 1.807) is 6.33 Å². The minimum atomic E-state index is 0.216. The highest BCUT2D eigenvalue weighted by Crippen LogP contribution is 2.30. The van der Waals surface area contributed by atoms with Crippen molar-refractivity contribution in [3.05, 3.63) is 34.2 Å². The van der Waals surface area contributed by atoms with E-state index in [1.807, 2.05) is 38.9 Å². The second-order valence-corrected chi connectivity index (χ2v) is 7.41.